The minimum Gasteiger partial charge on any atom is -0.273 e. The van der Waals surface area contributed by atoms with Gasteiger partial charge in [-0.15, -0.1) is 0 Å². The molecule has 0 atom stereocenters. The van der Waals surface area contributed by atoms with E-state index in [1.54, 1.807) is 13.8 Å². The molecule has 20 heteroatoms. The zero-order valence-electron chi connectivity index (χ0n) is 25.4. The van der Waals surface area contributed by atoms with Gasteiger partial charge in [-0.05, 0) is 32.6 Å². The Morgan fingerprint density at radius 1 is 0.591 bits per heavy atom. The third-order valence-electron chi connectivity index (χ3n) is 6.78. The molecule has 2 fully saturated rings. The molecule has 0 aromatic heterocycles. The van der Waals surface area contributed by atoms with E-state index in [4.69, 9.17) is 0 Å². The largest absolute Gasteiger partial charge is 0.498 e. The molecule has 0 saturated carbocycles. The summed E-state index contributed by atoms with van der Waals surface area (Å²) in [7, 11) is -14.9. The minimum atomic E-state index is -6.21. The van der Waals surface area contributed by atoms with Crippen LogP contribution in [0.2, 0.25) is 0 Å². The zero-order chi connectivity index (χ0) is 34.3. The average Bonchev–Trinajstić information content (AvgIpc) is 2.91. The molecule has 256 valence electrons. The molecule has 4 amide bonds. The van der Waals surface area contributed by atoms with E-state index < -0.39 is 83.7 Å². The van der Waals surface area contributed by atoms with Gasteiger partial charge < -0.3 is 0 Å². The van der Waals surface area contributed by atoms with Crippen molar-refractivity contribution in [3.63, 3.8) is 0 Å². The summed E-state index contributed by atoms with van der Waals surface area (Å²) in [5.74, 6) is -5.89. The zero-order valence-corrected chi connectivity index (χ0v) is 27.8. The van der Waals surface area contributed by atoms with Crippen LogP contribution in [0.15, 0.2) is 0 Å². The molecule has 44 heavy (non-hydrogen) atoms. The number of alkyl halides is 3. The van der Waals surface area contributed by atoms with Crippen molar-refractivity contribution in [3.05, 3.63) is 0 Å². The van der Waals surface area contributed by atoms with Crippen molar-refractivity contribution >= 4 is 53.9 Å². The number of sulfone groups is 1. The summed E-state index contributed by atoms with van der Waals surface area (Å²) < 4.78 is 113. The summed E-state index contributed by atoms with van der Waals surface area (Å²) in [6.07, 6.45) is 3.81. The number of hydrogen-bond donors (Lipinski definition) is 0. The highest BCUT2D eigenvalue weighted by molar-refractivity contribution is 7.95. The molecule has 0 aromatic rings. The van der Waals surface area contributed by atoms with Crippen LogP contribution in [0.5, 0.6) is 0 Å². The number of unbranched alkanes of at least 4 members (excludes halogenated alkanes) is 4. The van der Waals surface area contributed by atoms with Crippen LogP contribution in [0.25, 0.3) is 0 Å². The topological polar surface area (TPSA) is 184 Å². The second kappa shape index (κ2) is 15.7. The molecule has 0 N–H and O–H groups in total. The van der Waals surface area contributed by atoms with Gasteiger partial charge in [-0.1, -0.05) is 53.4 Å². The molecule has 2 aliphatic heterocycles. The predicted octanol–water partition coefficient (Wildman–Crippen LogP) is 1.94. The Balaban J connectivity index is 0.000000457. The summed E-state index contributed by atoms with van der Waals surface area (Å²) in [6.45, 7) is 7.90. The quantitative estimate of drug-likeness (QED) is 0.258. The Labute approximate surface area is 257 Å². The van der Waals surface area contributed by atoms with Crippen molar-refractivity contribution in [3.8, 4) is 0 Å². The van der Waals surface area contributed by atoms with Crippen molar-refractivity contribution in [2.45, 2.75) is 96.7 Å². The molecule has 0 bridgehead atoms. The first kappa shape index (κ1) is 39.5. The standard InChI is InChI=1S/C12H19F3N2O6S2.C12H22N2O4S/c1-3-5-7-16-10(18)9(24(20,21)12(13,14)15)11(19)17(8-6-4-2)25(16,22)23;1-4-6-8-13-11(15)10(3)12(16)14(9-7-5-2)19(13,17)18/h9H,3-8H2,1-2H3;10H,4-9H2,1-3H3. The van der Waals surface area contributed by atoms with Gasteiger partial charge >= 0.3 is 25.9 Å². The Morgan fingerprint density at radius 2 is 0.841 bits per heavy atom. The maximum atomic E-state index is 12.8. The van der Waals surface area contributed by atoms with Gasteiger partial charge in [0.05, 0.1) is 0 Å². The van der Waals surface area contributed by atoms with Gasteiger partial charge in [0.25, 0.3) is 21.7 Å². The first-order valence-corrected chi connectivity index (χ1v) is 18.6. The highest BCUT2D eigenvalue weighted by Gasteiger charge is 2.63. The van der Waals surface area contributed by atoms with Crippen LogP contribution in [0.1, 0.15) is 86.0 Å². The molecular weight excluding hydrogens is 657 g/mol. The Bertz CT molecular complexity index is 1320. The first-order chi connectivity index (χ1) is 20.2. The van der Waals surface area contributed by atoms with Crippen LogP contribution in [-0.2, 0) is 49.4 Å². The number of hydrogen-bond acceptors (Lipinski definition) is 10. The maximum Gasteiger partial charge on any atom is 0.498 e. The summed E-state index contributed by atoms with van der Waals surface area (Å²) in [5, 5.41) is -3.13. The third-order valence-corrected chi connectivity index (χ3v) is 12.1. The van der Waals surface area contributed by atoms with E-state index in [0.29, 0.717) is 25.7 Å². The lowest BCUT2D eigenvalue weighted by molar-refractivity contribution is -0.144. The highest BCUT2D eigenvalue weighted by Crippen LogP contribution is 2.33. The van der Waals surface area contributed by atoms with E-state index in [0.717, 1.165) is 21.5 Å². The van der Waals surface area contributed by atoms with Gasteiger partial charge in [-0.3, -0.25) is 19.2 Å². The van der Waals surface area contributed by atoms with Gasteiger partial charge in [0, 0.05) is 26.2 Å². The summed E-state index contributed by atoms with van der Waals surface area (Å²) >= 11 is 0. The smallest absolute Gasteiger partial charge is 0.273 e. The van der Waals surface area contributed by atoms with Crippen LogP contribution in [-0.4, -0.2) is 103 Å². The lowest BCUT2D eigenvalue weighted by Gasteiger charge is -2.37. The van der Waals surface area contributed by atoms with Crippen LogP contribution in [0, 0.1) is 5.92 Å². The van der Waals surface area contributed by atoms with Gasteiger partial charge in [-0.25, -0.2) is 25.6 Å². The fourth-order valence-corrected chi connectivity index (χ4v) is 8.64. The fraction of sp³-hybridized carbons (Fsp3) is 0.833. The van der Waals surface area contributed by atoms with Crippen LogP contribution in [0.3, 0.4) is 0 Å². The Kier molecular flexibility index (Phi) is 14.1. The van der Waals surface area contributed by atoms with Crippen molar-refractivity contribution in [1.29, 1.82) is 0 Å². The molecule has 0 aliphatic carbocycles. The van der Waals surface area contributed by atoms with E-state index in [-0.39, 0.29) is 34.5 Å². The molecule has 0 spiro atoms. The second-order valence-electron chi connectivity index (χ2n) is 10.2. The second-order valence-corrected chi connectivity index (χ2v) is 15.7. The lowest BCUT2D eigenvalue weighted by atomic mass is 10.1. The Morgan fingerprint density at radius 3 is 1.07 bits per heavy atom. The van der Waals surface area contributed by atoms with Crippen molar-refractivity contribution in [2.75, 3.05) is 26.2 Å². The van der Waals surface area contributed by atoms with Gasteiger partial charge in [0.1, 0.15) is 5.92 Å². The highest BCUT2D eigenvalue weighted by atomic mass is 32.2. The van der Waals surface area contributed by atoms with Crippen molar-refractivity contribution in [1.82, 2.24) is 17.2 Å². The van der Waals surface area contributed by atoms with Crippen LogP contribution < -0.4 is 0 Å². The van der Waals surface area contributed by atoms with E-state index in [2.05, 4.69) is 0 Å². The number of carbonyl (C=O) groups is 4. The summed E-state index contributed by atoms with van der Waals surface area (Å²) in [5.41, 5.74) is -5.86. The van der Waals surface area contributed by atoms with Crippen molar-refractivity contribution in [2.24, 2.45) is 5.92 Å². The molecule has 2 aliphatic rings. The number of rotatable bonds is 13. The normalized spacial score (nSPS) is 19.8. The number of carbonyl (C=O) groups excluding carboxylic acids is 4. The first-order valence-electron chi connectivity index (χ1n) is 14.3. The van der Waals surface area contributed by atoms with E-state index in [1.165, 1.54) is 6.92 Å². The molecule has 0 aromatic carbocycles. The van der Waals surface area contributed by atoms with Crippen LogP contribution >= 0.6 is 0 Å². The van der Waals surface area contributed by atoms with Gasteiger partial charge in [0.15, 0.2) is 0 Å². The van der Waals surface area contributed by atoms with E-state index in [1.807, 2.05) is 13.8 Å². The molecule has 0 radical (unpaired) electrons. The van der Waals surface area contributed by atoms with Crippen molar-refractivity contribution < 1.29 is 57.6 Å². The van der Waals surface area contributed by atoms with Gasteiger partial charge in [0.2, 0.25) is 17.1 Å². The minimum absolute atomic E-state index is 0.0571. The lowest BCUT2D eigenvalue weighted by Crippen LogP contribution is -2.65. The van der Waals surface area contributed by atoms with Crippen LogP contribution in [0.4, 0.5) is 13.2 Å². The summed E-state index contributed by atoms with van der Waals surface area (Å²) in [4.78, 5) is 48.3. The number of nitrogens with zero attached hydrogens (tertiary/aromatic N) is 4. The summed E-state index contributed by atoms with van der Waals surface area (Å²) in [6, 6.07) is 0. The van der Waals surface area contributed by atoms with E-state index >= 15 is 0 Å². The molecule has 2 heterocycles. The molecule has 0 unspecified atom stereocenters. The van der Waals surface area contributed by atoms with Gasteiger partial charge in [-0.2, -0.15) is 30.0 Å². The number of halogens is 3. The molecule has 14 nitrogen and oxygen atoms in total. The van der Waals surface area contributed by atoms with E-state index in [9.17, 15) is 57.6 Å². The predicted molar refractivity (Wildman–Crippen MR) is 152 cm³/mol. The fourth-order valence-electron chi connectivity index (χ4n) is 4.11. The monoisotopic (exact) mass is 698 g/mol. The maximum absolute atomic E-state index is 12.8. The molecule has 2 saturated heterocycles. The molecular formula is C24H41F3N4O10S3. The molecule has 2 rings (SSSR count). The average molecular weight is 699 g/mol. The number of amides is 4. The SMILES string of the molecule is CCCCN1C(=O)C(C)C(=O)N(CCCC)S1(=O)=O.CCCCN1C(=O)C(S(=O)(=O)C(F)(F)F)C(=O)N(CCCC)S1(=O)=O. The Hall–Kier alpha value is -2.48. The third kappa shape index (κ3) is 8.21.